The molecule has 4 rings (SSSR count). The van der Waals surface area contributed by atoms with Crippen LogP contribution < -0.4 is 5.32 Å². The summed E-state index contributed by atoms with van der Waals surface area (Å²) in [5, 5.41) is 3.34. The zero-order chi connectivity index (χ0) is 16.9. The molecule has 0 radical (unpaired) electrons. The molecule has 1 amide bonds. The number of aryl methyl sites for hydroxylation is 1. The van der Waals surface area contributed by atoms with E-state index in [1.54, 1.807) is 0 Å². The fraction of sp³-hybridized carbons (Fsp3) is 0.600. The van der Waals surface area contributed by atoms with E-state index in [-0.39, 0.29) is 11.3 Å². The molecule has 1 heterocycles. The molecule has 2 aromatic rings. The average molecular weight is 325 g/mol. The number of hydrogen-bond acceptors (Lipinski definition) is 2. The van der Waals surface area contributed by atoms with Gasteiger partial charge in [0.2, 0.25) is 5.91 Å². The Hall–Kier alpha value is -1.84. The Morgan fingerprint density at radius 1 is 1.33 bits per heavy atom. The van der Waals surface area contributed by atoms with Gasteiger partial charge in [-0.05, 0) is 48.1 Å². The Morgan fingerprint density at radius 2 is 2.12 bits per heavy atom. The molecule has 1 aromatic carbocycles. The fourth-order valence-electron chi connectivity index (χ4n) is 5.10. The standard InChI is InChI=1S/C20H27N3O/c1-19(2)14-8-10-20(19,3)17(12-14)22-18(24)9-11-23-13-21-15-6-4-5-7-16(15)23/h4-7,13-14,17H,8-12H2,1-3H3,(H,22,24). The molecule has 3 atom stereocenters. The predicted octanol–water partition coefficient (Wildman–Crippen LogP) is 3.76. The van der Waals surface area contributed by atoms with Crippen LogP contribution in [0.4, 0.5) is 0 Å². The van der Waals surface area contributed by atoms with Gasteiger partial charge in [0.1, 0.15) is 0 Å². The predicted molar refractivity (Wildman–Crippen MR) is 95.5 cm³/mol. The molecule has 0 aliphatic heterocycles. The lowest BCUT2D eigenvalue weighted by Gasteiger charge is -2.39. The first kappa shape index (κ1) is 15.7. The summed E-state index contributed by atoms with van der Waals surface area (Å²) >= 11 is 0. The van der Waals surface area contributed by atoms with E-state index in [4.69, 9.17) is 0 Å². The molecule has 2 fully saturated rings. The maximum Gasteiger partial charge on any atom is 0.222 e. The van der Waals surface area contributed by atoms with Crippen LogP contribution in [0.1, 0.15) is 46.5 Å². The number of benzene rings is 1. The maximum absolute atomic E-state index is 12.5. The number of nitrogens with zero attached hydrogens (tertiary/aromatic N) is 2. The van der Waals surface area contributed by atoms with Crippen molar-refractivity contribution in [2.24, 2.45) is 16.7 Å². The second-order valence-corrected chi connectivity index (χ2v) is 8.41. The number of nitrogens with one attached hydrogen (secondary N) is 1. The molecule has 2 aliphatic carbocycles. The first-order chi connectivity index (χ1) is 11.4. The van der Waals surface area contributed by atoms with E-state index >= 15 is 0 Å². The molecule has 2 aliphatic rings. The van der Waals surface area contributed by atoms with Crippen molar-refractivity contribution in [3.05, 3.63) is 30.6 Å². The second-order valence-electron chi connectivity index (χ2n) is 8.41. The Kier molecular flexibility index (Phi) is 3.48. The zero-order valence-corrected chi connectivity index (χ0v) is 14.9. The van der Waals surface area contributed by atoms with Crippen LogP contribution in [0.5, 0.6) is 0 Å². The minimum absolute atomic E-state index is 0.169. The molecule has 3 unspecified atom stereocenters. The van der Waals surface area contributed by atoms with Gasteiger partial charge in [0.15, 0.2) is 0 Å². The van der Waals surface area contributed by atoms with Crippen molar-refractivity contribution in [3.63, 3.8) is 0 Å². The minimum Gasteiger partial charge on any atom is -0.353 e. The smallest absolute Gasteiger partial charge is 0.222 e. The summed E-state index contributed by atoms with van der Waals surface area (Å²) < 4.78 is 2.07. The van der Waals surface area contributed by atoms with Crippen molar-refractivity contribution >= 4 is 16.9 Å². The summed E-state index contributed by atoms with van der Waals surface area (Å²) in [6.07, 6.45) is 6.04. The lowest BCUT2D eigenvalue weighted by molar-refractivity contribution is -0.123. The van der Waals surface area contributed by atoms with Gasteiger partial charge >= 0.3 is 0 Å². The van der Waals surface area contributed by atoms with E-state index in [2.05, 4.69) is 41.7 Å². The molecule has 4 heteroatoms. The quantitative estimate of drug-likeness (QED) is 0.930. The van der Waals surface area contributed by atoms with Gasteiger partial charge in [0.25, 0.3) is 0 Å². The zero-order valence-electron chi connectivity index (χ0n) is 14.9. The van der Waals surface area contributed by atoms with Gasteiger partial charge in [-0.2, -0.15) is 0 Å². The summed E-state index contributed by atoms with van der Waals surface area (Å²) in [5.74, 6) is 0.924. The van der Waals surface area contributed by atoms with Gasteiger partial charge in [0, 0.05) is 19.0 Å². The van der Waals surface area contributed by atoms with Crippen molar-refractivity contribution in [2.45, 2.75) is 59.0 Å². The van der Waals surface area contributed by atoms with Crippen LogP contribution >= 0.6 is 0 Å². The number of carbonyl (C=O) groups is 1. The van der Waals surface area contributed by atoms with E-state index < -0.39 is 0 Å². The van der Waals surface area contributed by atoms with Crippen LogP contribution in [-0.2, 0) is 11.3 Å². The summed E-state index contributed by atoms with van der Waals surface area (Å²) in [5.41, 5.74) is 2.67. The Morgan fingerprint density at radius 3 is 2.83 bits per heavy atom. The molecular formula is C20H27N3O. The van der Waals surface area contributed by atoms with Gasteiger partial charge in [-0.1, -0.05) is 32.9 Å². The van der Waals surface area contributed by atoms with E-state index in [9.17, 15) is 4.79 Å². The highest BCUT2D eigenvalue weighted by atomic mass is 16.1. The van der Waals surface area contributed by atoms with Gasteiger partial charge in [-0.25, -0.2) is 4.98 Å². The van der Waals surface area contributed by atoms with Crippen LogP contribution in [0.25, 0.3) is 11.0 Å². The van der Waals surface area contributed by atoms with Crippen LogP contribution in [0.15, 0.2) is 30.6 Å². The first-order valence-electron chi connectivity index (χ1n) is 9.11. The molecular weight excluding hydrogens is 298 g/mol. The van der Waals surface area contributed by atoms with E-state index in [0.717, 1.165) is 23.4 Å². The number of rotatable bonds is 4. The van der Waals surface area contributed by atoms with Crippen LogP contribution in [-0.4, -0.2) is 21.5 Å². The van der Waals surface area contributed by atoms with Crippen LogP contribution in [0, 0.1) is 16.7 Å². The highest BCUT2D eigenvalue weighted by Gasteiger charge is 2.61. The Balaban J connectivity index is 1.40. The van der Waals surface area contributed by atoms with Gasteiger partial charge < -0.3 is 9.88 Å². The molecule has 1 N–H and O–H groups in total. The number of carbonyl (C=O) groups excluding carboxylic acids is 1. The van der Waals surface area contributed by atoms with E-state index in [1.165, 1.54) is 12.8 Å². The molecule has 0 spiro atoms. The van der Waals surface area contributed by atoms with Crippen LogP contribution in [0.2, 0.25) is 0 Å². The largest absolute Gasteiger partial charge is 0.353 e. The number of imidazole rings is 1. The molecule has 128 valence electrons. The van der Waals surface area contributed by atoms with Gasteiger partial charge in [-0.3, -0.25) is 4.79 Å². The maximum atomic E-state index is 12.5. The monoisotopic (exact) mass is 325 g/mol. The summed E-state index contributed by atoms with van der Waals surface area (Å²) in [7, 11) is 0. The Labute approximate surface area is 143 Å². The topological polar surface area (TPSA) is 46.9 Å². The highest BCUT2D eigenvalue weighted by Crippen LogP contribution is 2.65. The number of para-hydroxylation sites is 2. The Bertz CT molecular complexity index is 778. The van der Waals surface area contributed by atoms with Crippen LogP contribution in [0.3, 0.4) is 0 Å². The fourth-order valence-corrected chi connectivity index (χ4v) is 5.10. The molecule has 1 aromatic heterocycles. The van der Waals surface area contributed by atoms with Gasteiger partial charge in [-0.15, -0.1) is 0 Å². The lowest BCUT2D eigenvalue weighted by Crippen LogP contribution is -2.47. The van der Waals surface area contributed by atoms with Crippen molar-refractivity contribution in [3.8, 4) is 0 Å². The molecule has 2 bridgehead atoms. The normalized spacial score (nSPS) is 30.8. The third-order valence-electron chi connectivity index (χ3n) is 7.24. The van der Waals surface area contributed by atoms with E-state index in [1.807, 2.05) is 24.5 Å². The number of aromatic nitrogens is 2. The van der Waals surface area contributed by atoms with Crippen molar-refractivity contribution in [1.29, 1.82) is 0 Å². The van der Waals surface area contributed by atoms with E-state index in [0.29, 0.717) is 24.4 Å². The second kappa shape index (κ2) is 5.33. The summed E-state index contributed by atoms with van der Waals surface area (Å²) in [6.45, 7) is 7.82. The van der Waals surface area contributed by atoms with Crippen molar-refractivity contribution in [1.82, 2.24) is 14.9 Å². The summed E-state index contributed by atoms with van der Waals surface area (Å²) in [6, 6.07) is 8.39. The first-order valence-corrected chi connectivity index (χ1v) is 9.11. The van der Waals surface area contributed by atoms with Crippen molar-refractivity contribution in [2.75, 3.05) is 0 Å². The van der Waals surface area contributed by atoms with Crippen molar-refractivity contribution < 1.29 is 4.79 Å². The summed E-state index contributed by atoms with van der Waals surface area (Å²) in [4.78, 5) is 16.9. The molecule has 0 saturated heterocycles. The SMILES string of the molecule is CC1(C)C2CCC1(C)C(NC(=O)CCn1cnc3ccccc31)C2. The molecule has 4 nitrogen and oxygen atoms in total. The molecule has 2 saturated carbocycles. The van der Waals surface area contributed by atoms with Gasteiger partial charge in [0.05, 0.1) is 17.4 Å². The number of hydrogen-bond donors (Lipinski definition) is 1. The highest BCUT2D eigenvalue weighted by molar-refractivity contribution is 5.77. The molecule has 24 heavy (non-hydrogen) atoms. The third kappa shape index (κ3) is 2.19. The average Bonchev–Trinajstić information content (AvgIpc) is 3.12. The number of fused-ring (bicyclic) bond motifs is 3. The lowest BCUT2D eigenvalue weighted by atomic mass is 9.69. The minimum atomic E-state index is 0.169. The number of amides is 1. The third-order valence-corrected chi connectivity index (χ3v) is 7.24.